The topological polar surface area (TPSA) is 34.1 Å². The van der Waals surface area contributed by atoms with E-state index in [4.69, 9.17) is 0 Å². The van der Waals surface area contributed by atoms with Crippen LogP contribution >= 0.6 is 0 Å². The van der Waals surface area contributed by atoms with Gasteiger partial charge in [-0.25, -0.2) is 0 Å². The predicted octanol–water partition coefficient (Wildman–Crippen LogP) is -0.138. The van der Waals surface area contributed by atoms with Gasteiger partial charge in [-0.2, -0.15) is 0 Å². The van der Waals surface area contributed by atoms with Crippen LogP contribution in [-0.2, 0) is 7.05 Å². The molecule has 2 rings (SSSR count). The van der Waals surface area contributed by atoms with Crippen LogP contribution < -0.4 is 4.68 Å². The average Bonchev–Trinajstić information content (AvgIpc) is 2.30. The van der Waals surface area contributed by atoms with Crippen LogP contribution in [-0.4, -0.2) is 14.7 Å². The molecule has 0 amide bonds. The lowest BCUT2D eigenvalue weighted by molar-refractivity contribution is -0.732. The van der Waals surface area contributed by atoms with Crippen LogP contribution in [0.3, 0.4) is 0 Å². The van der Waals surface area contributed by atoms with E-state index in [-0.39, 0.29) is 0 Å². The minimum absolute atomic E-state index is 0.882. The SMILES string of the molecule is Cc1n2ncccc2n[n+]1C. The molecule has 0 fully saturated rings. The second kappa shape index (κ2) is 2.02. The molecule has 0 aliphatic carbocycles. The molecule has 56 valence electrons. The molecular weight excluding hydrogens is 140 g/mol. The number of aromatic nitrogens is 4. The zero-order valence-corrected chi connectivity index (χ0v) is 6.52. The monoisotopic (exact) mass is 149 g/mol. The van der Waals surface area contributed by atoms with Gasteiger partial charge in [0.1, 0.15) is 7.05 Å². The van der Waals surface area contributed by atoms with Gasteiger partial charge in [-0.3, -0.25) is 0 Å². The summed E-state index contributed by atoms with van der Waals surface area (Å²) >= 11 is 0. The molecule has 0 aliphatic heterocycles. The third-order valence-electron chi connectivity index (χ3n) is 1.76. The van der Waals surface area contributed by atoms with Gasteiger partial charge in [0.2, 0.25) is 0 Å². The Hall–Kier alpha value is -1.45. The zero-order valence-electron chi connectivity index (χ0n) is 6.52. The predicted molar refractivity (Wildman–Crippen MR) is 38.9 cm³/mol. The van der Waals surface area contributed by atoms with Crippen molar-refractivity contribution in [3.8, 4) is 0 Å². The second-order valence-corrected chi connectivity index (χ2v) is 2.46. The molecule has 2 aromatic rings. The van der Waals surface area contributed by atoms with Crippen molar-refractivity contribution in [2.24, 2.45) is 7.05 Å². The summed E-state index contributed by atoms with van der Waals surface area (Å²) in [5.41, 5.74) is 0.882. The molecule has 11 heavy (non-hydrogen) atoms. The van der Waals surface area contributed by atoms with E-state index in [0.29, 0.717) is 0 Å². The van der Waals surface area contributed by atoms with Gasteiger partial charge in [0.15, 0.2) is 0 Å². The molecule has 2 heterocycles. The normalized spacial score (nSPS) is 10.7. The van der Waals surface area contributed by atoms with Crippen molar-refractivity contribution in [3.05, 3.63) is 24.2 Å². The van der Waals surface area contributed by atoms with Gasteiger partial charge in [-0.15, -0.1) is 4.68 Å². The minimum Gasteiger partial charge on any atom is -0.135 e. The van der Waals surface area contributed by atoms with E-state index in [1.54, 1.807) is 10.7 Å². The van der Waals surface area contributed by atoms with Crippen LogP contribution in [0.15, 0.2) is 18.3 Å². The minimum atomic E-state index is 0.882. The maximum atomic E-state index is 4.23. The number of hydrogen-bond donors (Lipinski definition) is 0. The highest BCUT2D eigenvalue weighted by Gasteiger charge is 2.11. The Morgan fingerprint density at radius 1 is 1.55 bits per heavy atom. The summed E-state index contributed by atoms with van der Waals surface area (Å²) in [5, 5.41) is 8.36. The van der Waals surface area contributed by atoms with E-state index in [9.17, 15) is 0 Å². The molecule has 0 bridgehead atoms. The van der Waals surface area contributed by atoms with Gasteiger partial charge in [0, 0.05) is 13.0 Å². The lowest BCUT2D eigenvalue weighted by Crippen LogP contribution is -2.33. The maximum absolute atomic E-state index is 4.23. The first-order chi connectivity index (χ1) is 5.29. The van der Waals surface area contributed by atoms with Gasteiger partial charge in [-0.05, 0) is 11.2 Å². The first-order valence-electron chi connectivity index (χ1n) is 3.46. The Bertz CT molecular complexity index is 390. The average molecular weight is 149 g/mol. The number of nitrogens with zero attached hydrogens (tertiary/aromatic N) is 4. The first kappa shape index (κ1) is 6.27. The Labute approximate surface area is 64.1 Å². The summed E-state index contributed by atoms with van der Waals surface area (Å²) in [6.07, 6.45) is 1.75. The second-order valence-electron chi connectivity index (χ2n) is 2.46. The molecule has 0 unspecified atom stereocenters. The fraction of sp³-hybridized carbons (Fsp3) is 0.286. The number of hydrogen-bond acceptors (Lipinski definition) is 2. The van der Waals surface area contributed by atoms with Crippen LogP contribution in [0.2, 0.25) is 0 Å². The number of aryl methyl sites for hydroxylation is 2. The van der Waals surface area contributed by atoms with Crippen LogP contribution in [0, 0.1) is 6.92 Å². The zero-order chi connectivity index (χ0) is 7.84. The molecule has 0 saturated carbocycles. The molecule has 0 N–H and O–H groups in total. The molecule has 0 aromatic carbocycles. The standard InChI is InChI=1S/C7H9N4/c1-6-10(2)9-7-4-3-5-8-11(6)7/h3-5H,1-2H3/q+1. The molecule has 0 atom stereocenters. The third-order valence-corrected chi connectivity index (χ3v) is 1.76. The summed E-state index contributed by atoms with van der Waals surface area (Å²) in [6, 6.07) is 3.81. The van der Waals surface area contributed by atoms with Gasteiger partial charge in [0.25, 0.3) is 5.65 Å². The fourth-order valence-corrected chi connectivity index (χ4v) is 1.05. The fourth-order valence-electron chi connectivity index (χ4n) is 1.05. The molecule has 0 saturated heterocycles. The third kappa shape index (κ3) is 0.790. The summed E-state index contributed by atoms with van der Waals surface area (Å²) in [7, 11) is 1.91. The highest BCUT2D eigenvalue weighted by Crippen LogP contribution is 1.95. The summed E-state index contributed by atoms with van der Waals surface area (Å²) in [6.45, 7) is 1.98. The first-order valence-corrected chi connectivity index (χ1v) is 3.46. The van der Waals surface area contributed by atoms with Crippen molar-refractivity contribution in [2.45, 2.75) is 6.92 Å². The molecular formula is C7H9N4+. The number of rotatable bonds is 0. The van der Waals surface area contributed by atoms with Crippen LogP contribution in [0.1, 0.15) is 5.82 Å². The Kier molecular flexibility index (Phi) is 1.15. The molecule has 0 radical (unpaired) electrons. The lowest BCUT2D eigenvalue weighted by atomic mass is 10.5. The smallest absolute Gasteiger partial charge is 0.135 e. The largest absolute Gasteiger partial charge is 0.301 e. The van der Waals surface area contributed by atoms with Crippen molar-refractivity contribution < 1.29 is 4.68 Å². The van der Waals surface area contributed by atoms with E-state index in [2.05, 4.69) is 10.2 Å². The van der Waals surface area contributed by atoms with Crippen LogP contribution in [0.5, 0.6) is 0 Å². The molecule has 4 heteroatoms. The van der Waals surface area contributed by atoms with Crippen molar-refractivity contribution in [2.75, 3.05) is 0 Å². The van der Waals surface area contributed by atoms with Gasteiger partial charge in [-0.1, -0.05) is 9.61 Å². The van der Waals surface area contributed by atoms with Gasteiger partial charge < -0.3 is 0 Å². The number of fused-ring (bicyclic) bond motifs is 1. The maximum Gasteiger partial charge on any atom is 0.301 e. The summed E-state index contributed by atoms with van der Waals surface area (Å²) in [5.74, 6) is 1.03. The van der Waals surface area contributed by atoms with E-state index >= 15 is 0 Å². The summed E-state index contributed by atoms with van der Waals surface area (Å²) < 4.78 is 3.61. The van der Waals surface area contributed by atoms with E-state index in [1.165, 1.54) is 0 Å². The van der Waals surface area contributed by atoms with Gasteiger partial charge in [0.05, 0.1) is 6.20 Å². The van der Waals surface area contributed by atoms with Crippen molar-refractivity contribution >= 4 is 5.65 Å². The Balaban J connectivity index is 2.92. The van der Waals surface area contributed by atoms with Crippen molar-refractivity contribution in [1.82, 2.24) is 14.7 Å². The molecule has 0 aliphatic rings. The van der Waals surface area contributed by atoms with E-state index in [1.807, 2.05) is 30.8 Å². The van der Waals surface area contributed by atoms with E-state index < -0.39 is 0 Å². The highest BCUT2D eigenvalue weighted by atomic mass is 15.4. The lowest BCUT2D eigenvalue weighted by Gasteiger charge is -1.80. The Morgan fingerprint density at radius 3 is 3.09 bits per heavy atom. The van der Waals surface area contributed by atoms with Crippen molar-refractivity contribution in [1.29, 1.82) is 0 Å². The molecule has 4 nitrogen and oxygen atoms in total. The van der Waals surface area contributed by atoms with E-state index in [0.717, 1.165) is 11.5 Å². The van der Waals surface area contributed by atoms with Crippen LogP contribution in [0.4, 0.5) is 0 Å². The summed E-state index contributed by atoms with van der Waals surface area (Å²) in [4.78, 5) is 0. The quantitative estimate of drug-likeness (QED) is 0.489. The van der Waals surface area contributed by atoms with Gasteiger partial charge >= 0.3 is 5.82 Å². The Morgan fingerprint density at radius 2 is 2.36 bits per heavy atom. The molecule has 0 spiro atoms. The van der Waals surface area contributed by atoms with Crippen LogP contribution in [0.25, 0.3) is 5.65 Å². The van der Waals surface area contributed by atoms with Crippen molar-refractivity contribution in [3.63, 3.8) is 0 Å². The highest BCUT2D eigenvalue weighted by molar-refractivity contribution is 5.32. The molecule has 2 aromatic heterocycles.